The number of hydrogen-bond acceptors (Lipinski definition) is 4. The SMILES string of the molecule is COc1ccc(NC(=O)COc2c(C)cc(Cl)cc2Cl)c(N)c1. The van der Waals surface area contributed by atoms with Crippen molar-refractivity contribution in [1.82, 2.24) is 0 Å². The molecule has 5 nitrogen and oxygen atoms in total. The Morgan fingerprint density at radius 3 is 2.61 bits per heavy atom. The number of nitrogen functional groups attached to an aromatic ring is 1. The number of nitrogens with two attached hydrogens (primary N) is 1. The Kier molecular flexibility index (Phi) is 5.58. The maximum atomic E-state index is 12.0. The first kappa shape index (κ1) is 17.2. The summed E-state index contributed by atoms with van der Waals surface area (Å²) in [5, 5.41) is 3.53. The van der Waals surface area contributed by atoms with Crippen LogP contribution in [0.1, 0.15) is 5.56 Å². The Bertz CT molecular complexity index is 712. The third-order valence-electron chi connectivity index (χ3n) is 3.07. The van der Waals surface area contributed by atoms with E-state index in [1.807, 2.05) is 0 Å². The zero-order valence-electron chi connectivity index (χ0n) is 12.7. The van der Waals surface area contributed by atoms with E-state index in [1.54, 1.807) is 44.4 Å². The van der Waals surface area contributed by atoms with E-state index in [0.717, 1.165) is 5.56 Å². The zero-order valence-corrected chi connectivity index (χ0v) is 14.2. The van der Waals surface area contributed by atoms with Crippen molar-refractivity contribution in [3.8, 4) is 11.5 Å². The number of ether oxygens (including phenoxy) is 2. The lowest BCUT2D eigenvalue weighted by atomic mass is 10.2. The van der Waals surface area contributed by atoms with Crippen molar-refractivity contribution < 1.29 is 14.3 Å². The Hall–Kier alpha value is -2.11. The number of aryl methyl sites for hydroxylation is 1. The van der Waals surface area contributed by atoms with Gasteiger partial charge in [-0.1, -0.05) is 23.2 Å². The van der Waals surface area contributed by atoms with Gasteiger partial charge in [-0.05, 0) is 36.8 Å². The number of amides is 1. The number of anilines is 2. The van der Waals surface area contributed by atoms with Crippen molar-refractivity contribution in [3.63, 3.8) is 0 Å². The number of methoxy groups -OCH3 is 1. The first-order valence-electron chi connectivity index (χ1n) is 6.72. The molecule has 122 valence electrons. The second-order valence-corrected chi connectivity index (χ2v) is 5.67. The Morgan fingerprint density at radius 1 is 1.26 bits per heavy atom. The van der Waals surface area contributed by atoms with Gasteiger partial charge in [-0.25, -0.2) is 0 Å². The molecule has 0 spiro atoms. The molecule has 2 aromatic carbocycles. The van der Waals surface area contributed by atoms with Crippen molar-refractivity contribution in [2.24, 2.45) is 0 Å². The van der Waals surface area contributed by atoms with Gasteiger partial charge < -0.3 is 20.5 Å². The topological polar surface area (TPSA) is 73.6 Å². The highest BCUT2D eigenvalue weighted by Gasteiger charge is 2.11. The molecule has 0 saturated heterocycles. The molecule has 2 aromatic rings. The molecule has 0 unspecified atom stereocenters. The smallest absolute Gasteiger partial charge is 0.262 e. The third kappa shape index (κ3) is 4.43. The summed E-state index contributed by atoms with van der Waals surface area (Å²) in [6.45, 7) is 1.60. The quantitative estimate of drug-likeness (QED) is 0.798. The van der Waals surface area contributed by atoms with E-state index in [2.05, 4.69) is 5.32 Å². The number of hydrogen-bond donors (Lipinski definition) is 2. The lowest BCUT2D eigenvalue weighted by Gasteiger charge is -2.13. The fourth-order valence-electron chi connectivity index (χ4n) is 1.98. The van der Waals surface area contributed by atoms with Gasteiger partial charge in [0, 0.05) is 11.1 Å². The highest BCUT2D eigenvalue weighted by atomic mass is 35.5. The van der Waals surface area contributed by atoms with Gasteiger partial charge in [-0.2, -0.15) is 0 Å². The molecule has 23 heavy (non-hydrogen) atoms. The number of halogens is 2. The van der Waals surface area contributed by atoms with E-state index < -0.39 is 0 Å². The van der Waals surface area contributed by atoms with Crippen LogP contribution in [0.2, 0.25) is 10.0 Å². The van der Waals surface area contributed by atoms with Gasteiger partial charge in [-0.15, -0.1) is 0 Å². The van der Waals surface area contributed by atoms with Crippen molar-refractivity contribution >= 4 is 40.5 Å². The lowest BCUT2D eigenvalue weighted by Crippen LogP contribution is -2.21. The molecule has 0 heterocycles. The van der Waals surface area contributed by atoms with E-state index in [4.69, 9.17) is 38.4 Å². The van der Waals surface area contributed by atoms with Crippen LogP contribution >= 0.6 is 23.2 Å². The zero-order chi connectivity index (χ0) is 17.0. The maximum absolute atomic E-state index is 12.0. The number of carbonyl (C=O) groups excluding carboxylic acids is 1. The molecule has 1 amide bonds. The summed E-state index contributed by atoms with van der Waals surface area (Å²) in [5.74, 6) is 0.682. The van der Waals surface area contributed by atoms with Crippen molar-refractivity contribution in [2.75, 3.05) is 24.8 Å². The summed E-state index contributed by atoms with van der Waals surface area (Å²) in [4.78, 5) is 12.0. The Morgan fingerprint density at radius 2 is 2.00 bits per heavy atom. The molecule has 0 radical (unpaired) electrons. The van der Waals surface area contributed by atoms with Crippen LogP contribution in [0.25, 0.3) is 0 Å². The molecule has 2 rings (SSSR count). The first-order valence-corrected chi connectivity index (χ1v) is 7.48. The minimum absolute atomic E-state index is 0.201. The van der Waals surface area contributed by atoms with E-state index in [-0.39, 0.29) is 12.5 Å². The van der Waals surface area contributed by atoms with E-state index >= 15 is 0 Å². The monoisotopic (exact) mass is 354 g/mol. The minimum atomic E-state index is -0.354. The van der Waals surface area contributed by atoms with E-state index in [0.29, 0.717) is 32.9 Å². The molecule has 0 bridgehead atoms. The van der Waals surface area contributed by atoms with Crippen LogP contribution in [0.15, 0.2) is 30.3 Å². The van der Waals surface area contributed by atoms with Crippen LogP contribution in [0.5, 0.6) is 11.5 Å². The predicted octanol–water partition coefficient (Wildman–Crippen LogP) is 3.91. The Balaban J connectivity index is 2.01. The molecule has 0 fully saturated rings. The summed E-state index contributed by atoms with van der Waals surface area (Å²) >= 11 is 12.0. The molecule has 0 aromatic heterocycles. The summed E-state index contributed by atoms with van der Waals surface area (Å²) < 4.78 is 10.5. The fraction of sp³-hybridized carbons (Fsp3) is 0.188. The molecule has 0 aliphatic heterocycles. The number of rotatable bonds is 5. The largest absolute Gasteiger partial charge is 0.497 e. The number of carbonyl (C=O) groups is 1. The lowest BCUT2D eigenvalue weighted by molar-refractivity contribution is -0.118. The molecule has 0 aliphatic carbocycles. The van der Waals surface area contributed by atoms with E-state index in [1.165, 1.54) is 0 Å². The van der Waals surface area contributed by atoms with Gasteiger partial charge in [0.05, 0.1) is 23.5 Å². The van der Waals surface area contributed by atoms with Crippen LogP contribution in [0, 0.1) is 6.92 Å². The standard InChI is InChI=1S/C16H16Cl2N2O3/c1-9-5-10(17)6-12(18)16(9)23-8-15(21)20-14-4-3-11(22-2)7-13(14)19/h3-7H,8,19H2,1-2H3,(H,20,21). The Labute approximate surface area is 144 Å². The maximum Gasteiger partial charge on any atom is 0.262 e. The highest BCUT2D eigenvalue weighted by Crippen LogP contribution is 2.32. The van der Waals surface area contributed by atoms with Gasteiger partial charge in [-0.3, -0.25) is 4.79 Å². The van der Waals surface area contributed by atoms with Crippen LogP contribution in [0.4, 0.5) is 11.4 Å². The minimum Gasteiger partial charge on any atom is -0.497 e. The highest BCUT2D eigenvalue weighted by molar-refractivity contribution is 6.35. The van der Waals surface area contributed by atoms with Gasteiger partial charge >= 0.3 is 0 Å². The summed E-state index contributed by atoms with van der Waals surface area (Å²) in [5.41, 5.74) is 7.48. The average Bonchev–Trinajstić information content (AvgIpc) is 2.48. The van der Waals surface area contributed by atoms with Crippen molar-refractivity contribution in [1.29, 1.82) is 0 Å². The van der Waals surface area contributed by atoms with Crippen LogP contribution in [0.3, 0.4) is 0 Å². The van der Waals surface area contributed by atoms with Gasteiger partial charge in [0.2, 0.25) is 0 Å². The summed E-state index contributed by atoms with van der Waals surface area (Å²) in [6, 6.07) is 8.25. The summed E-state index contributed by atoms with van der Waals surface area (Å²) in [6.07, 6.45) is 0. The molecule has 3 N–H and O–H groups in total. The molecule has 7 heteroatoms. The number of nitrogens with one attached hydrogen (secondary N) is 1. The molecule has 0 atom stereocenters. The fourth-order valence-corrected chi connectivity index (χ4v) is 2.63. The third-order valence-corrected chi connectivity index (χ3v) is 3.57. The van der Waals surface area contributed by atoms with Gasteiger partial charge in [0.1, 0.15) is 11.5 Å². The molecule has 0 aliphatic rings. The van der Waals surface area contributed by atoms with Crippen LogP contribution in [-0.2, 0) is 4.79 Å². The summed E-state index contributed by atoms with van der Waals surface area (Å²) in [7, 11) is 1.54. The second kappa shape index (κ2) is 7.44. The number of benzene rings is 2. The van der Waals surface area contributed by atoms with Crippen molar-refractivity contribution in [3.05, 3.63) is 45.9 Å². The second-order valence-electron chi connectivity index (χ2n) is 4.82. The van der Waals surface area contributed by atoms with Gasteiger partial charge in [0.15, 0.2) is 6.61 Å². The average molecular weight is 355 g/mol. The normalized spacial score (nSPS) is 10.3. The van der Waals surface area contributed by atoms with Crippen LogP contribution in [-0.4, -0.2) is 19.6 Å². The molecule has 0 saturated carbocycles. The molecular formula is C16H16Cl2N2O3. The van der Waals surface area contributed by atoms with Gasteiger partial charge in [0.25, 0.3) is 5.91 Å². The predicted molar refractivity (Wildman–Crippen MR) is 92.7 cm³/mol. The van der Waals surface area contributed by atoms with Crippen molar-refractivity contribution in [2.45, 2.75) is 6.92 Å². The first-order chi connectivity index (χ1) is 10.9. The van der Waals surface area contributed by atoms with E-state index in [9.17, 15) is 4.79 Å². The molecular weight excluding hydrogens is 339 g/mol. The van der Waals surface area contributed by atoms with Crippen LogP contribution < -0.4 is 20.5 Å².